The molecule has 0 spiro atoms. The highest BCUT2D eigenvalue weighted by molar-refractivity contribution is 6.05. The lowest BCUT2D eigenvalue weighted by molar-refractivity contribution is 0.0824. The van der Waals surface area contributed by atoms with Gasteiger partial charge in [-0.05, 0) is 57.5 Å². The summed E-state index contributed by atoms with van der Waals surface area (Å²) in [5, 5.41) is 9.43. The normalized spacial score (nSPS) is 16.4. The van der Waals surface area contributed by atoms with Gasteiger partial charge in [-0.1, -0.05) is 0 Å². The van der Waals surface area contributed by atoms with Crippen LogP contribution in [-0.2, 0) is 0 Å². The molecule has 0 amide bonds. The molecule has 1 fully saturated rings. The number of nitrogens with zero attached hydrogens (tertiary/aromatic N) is 2. The van der Waals surface area contributed by atoms with Crippen LogP contribution in [0.25, 0.3) is 0 Å². The van der Waals surface area contributed by atoms with E-state index in [1.165, 1.54) is 6.92 Å². The van der Waals surface area contributed by atoms with Crippen LogP contribution in [-0.4, -0.2) is 58.8 Å². The van der Waals surface area contributed by atoms with Gasteiger partial charge in [0, 0.05) is 43.1 Å². The van der Waals surface area contributed by atoms with Gasteiger partial charge in [-0.15, -0.1) is 0 Å². The van der Waals surface area contributed by atoms with E-state index < -0.39 is 0 Å². The first kappa shape index (κ1) is 19.2. The van der Waals surface area contributed by atoms with Gasteiger partial charge in [-0.25, -0.2) is 0 Å². The molecule has 0 unspecified atom stereocenters. The van der Waals surface area contributed by atoms with Crippen molar-refractivity contribution in [2.75, 3.05) is 31.1 Å². The Labute approximate surface area is 159 Å². The number of carbonyl (C=O) groups is 2. The maximum atomic E-state index is 13.0. The summed E-state index contributed by atoms with van der Waals surface area (Å²) < 4.78 is 0. The maximum Gasteiger partial charge on any atom is 0.196 e. The first-order valence-electron chi connectivity index (χ1n) is 9.32. The van der Waals surface area contributed by atoms with Crippen molar-refractivity contribution >= 4 is 17.3 Å². The van der Waals surface area contributed by atoms with Crippen LogP contribution >= 0.6 is 0 Å². The van der Waals surface area contributed by atoms with Crippen LogP contribution in [0.5, 0.6) is 5.75 Å². The lowest BCUT2D eigenvalue weighted by Gasteiger charge is -2.38. The second-order valence-corrected chi connectivity index (χ2v) is 7.26. The summed E-state index contributed by atoms with van der Waals surface area (Å²) in [5.74, 6) is 0.273. The molecule has 0 saturated carbocycles. The molecule has 0 radical (unpaired) electrons. The van der Waals surface area contributed by atoms with Crippen LogP contribution in [0.4, 0.5) is 5.69 Å². The fourth-order valence-electron chi connectivity index (χ4n) is 3.93. The number of ketones is 2. The number of aromatic amines is 1. The third kappa shape index (κ3) is 3.76. The van der Waals surface area contributed by atoms with E-state index >= 15 is 0 Å². The smallest absolute Gasteiger partial charge is 0.196 e. The van der Waals surface area contributed by atoms with Gasteiger partial charge in [0.15, 0.2) is 11.6 Å². The Morgan fingerprint density at radius 2 is 1.67 bits per heavy atom. The predicted molar refractivity (Wildman–Crippen MR) is 106 cm³/mol. The number of phenolic OH excluding ortho intramolecular Hbond substituents is 1. The number of carbonyl (C=O) groups excluding carboxylic acids is 2. The first-order chi connectivity index (χ1) is 12.8. The first-order valence-corrected chi connectivity index (χ1v) is 9.32. The van der Waals surface area contributed by atoms with E-state index in [1.54, 1.807) is 12.1 Å². The van der Waals surface area contributed by atoms with Gasteiger partial charge < -0.3 is 15.0 Å². The van der Waals surface area contributed by atoms with Gasteiger partial charge in [0.25, 0.3) is 0 Å². The van der Waals surface area contributed by atoms with Crippen molar-refractivity contribution in [2.24, 2.45) is 0 Å². The maximum absolute atomic E-state index is 13.0. The lowest BCUT2D eigenvalue weighted by atomic mass is 10.0. The lowest BCUT2D eigenvalue weighted by Crippen LogP contribution is -2.51. The van der Waals surface area contributed by atoms with Crippen LogP contribution in [0.3, 0.4) is 0 Å². The minimum atomic E-state index is -0.247. The van der Waals surface area contributed by atoms with Crippen LogP contribution in [0.1, 0.15) is 46.0 Å². The topological polar surface area (TPSA) is 76.6 Å². The molecule has 2 N–H and O–H groups in total. The number of aromatic hydroxyl groups is 1. The molecule has 0 aliphatic carbocycles. The van der Waals surface area contributed by atoms with E-state index in [4.69, 9.17) is 0 Å². The Hall–Kier alpha value is -2.60. The average molecular weight is 369 g/mol. The molecule has 1 aromatic heterocycles. The van der Waals surface area contributed by atoms with Crippen molar-refractivity contribution in [1.29, 1.82) is 0 Å². The SMILES string of the molecule is CC(=O)c1c(C)[nH]c(C(=O)[C@@H](C)N2CCN(c3ccc(O)cc3)CC2)c1C. The third-order valence-corrected chi connectivity index (χ3v) is 5.49. The van der Waals surface area contributed by atoms with Crippen molar-refractivity contribution in [3.05, 3.63) is 46.8 Å². The van der Waals surface area contributed by atoms with Crippen LogP contribution < -0.4 is 4.90 Å². The third-order valence-electron chi connectivity index (χ3n) is 5.49. The number of nitrogens with one attached hydrogen (secondary N) is 1. The highest BCUT2D eigenvalue weighted by atomic mass is 16.3. The van der Waals surface area contributed by atoms with Gasteiger partial charge in [-0.2, -0.15) is 0 Å². The van der Waals surface area contributed by atoms with E-state index in [0.29, 0.717) is 11.3 Å². The Kier molecular flexibility index (Phi) is 5.37. The number of H-pyrrole nitrogens is 1. The highest BCUT2D eigenvalue weighted by Gasteiger charge is 2.29. The molecule has 0 bridgehead atoms. The molecule has 1 aromatic carbocycles. The monoisotopic (exact) mass is 369 g/mol. The van der Waals surface area contributed by atoms with Crippen molar-refractivity contribution in [1.82, 2.24) is 9.88 Å². The molecular weight excluding hydrogens is 342 g/mol. The van der Waals surface area contributed by atoms with Gasteiger partial charge >= 0.3 is 0 Å². The number of Topliss-reactive ketones (excluding diaryl/α,β-unsaturated/α-hetero) is 2. The molecule has 1 saturated heterocycles. The van der Waals surface area contributed by atoms with E-state index in [0.717, 1.165) is 43.1 Å². The zero-order chi connectivity index (χ0) is 19.7. The number of hydrogen-bond donors (Lipinski definition) is 2. The summed E-state index contributed by atoms with van der Waals surface area (Å²) in [6.45, 7) is 10.3. The fraction of sp³-hybridized carbons (Fsp3) is 0.429. The molecule has 3 rings (SSSR count). The Morgan fingerprint density at radius 3 is 2.19 bits per heavy atom. The Balaban J connectivity index is 1.68. The summed E-state index contributed by atoms with van der Waals surface area (Å²) in [5.41, 5.74) is 3.76. The quantitative estimate of drug-likeness (QED) is 0.793. The largest absolute Gasteiger partial charge is 0.508 e. The molecule has 6 nitrogen and oxygen atoms in total. The second-order valence-electron chi connectivity index (χ2n) is 7.26. The summed E-state index contributed by atoms with van der Waals surface area (Å²) in [6, 6.07) is 6.96. The molecule has 27 heavy (non-hydrogen) atoms. The van der Waals surface area contributed by atoms with Crippen molar-refractivity contribution < 1.29 is 14.7 Å². The zero-order valence-electron chi connectivity index (χ0n) is 16.4. The molecule has 2 aromatic rings. The van der Waals surface area contributed by atoms with Gasteiger partial charge in [0.05, 0.1) is 11.7 Å². The van der Waals surface area contributed by atoms with Crippen LogP contribution in [0.2, 0.25) is 0 Å². The summed E-state index contributed by atoms with van der Waals surface area (Å²) in [6.07, 6.45) is 0. The van der Waals surface area contributed by atoms with Gasteiger partial charge in [0.1, 0.15) is 5.75 Å². The van der Waals surface area contributed by atoms with Crippen LogP contribution in [0, 0.1) is 13.8 Å². The van der Waals surface area contributed by atoms with Crippen molar-refractivity contribution in [3.63, 3.8) is 0 Å². The summed E-state index contributed by atoms with van der Waals surface area (Å²) in [4.78, 5) is 32.4. The molecular formula is C21H27N3O3. The summed E-state index contributed by atoms with van der Waals surface area (Å²) in [7, 11) is 0. The molecule has 1 aliphatic heterocycles. The second kappa shape index (κ2) is 7.56. The standard InChI is InChI=1S/C21H27N3O3/c1-13-19(16(4)25)14(2)22-20(13)21(27)15(3)23-9-11-24(12-10-23)17-5-7-18(26)8-6-17/h5-8,15,22,26H,9-12H2,1-4H3/t15-/m1/s1. The van der Waals surface area contributed by atoms with Crippen LogP contribution in [0.15, 0.2) is 24.3 Å². The molecule has 6 heteroatoms. The minimum absolute atomic E-state index is 0.0181. The zero-order valence-corrected chi connectivity index (χ0v) is 16.4. The molecule has 1 atom stereocenters. The molecule has 2 heterocycles. The number of phenols is 1. The Bertz CT molecular complexity index is 846. The van der Waals surface area contributed by atoms with Crippen molar-refractivity contribution in [3.8, 4) is 5.75 Å². The number of aromatic nitrogens is 1. The van der Waals surface area contributed by atoms with Crippen molar-refractivity contribution in [2.45, 2.75) is 33.7 Å². The average Bonchev–Trinajstić information content (AvgIpc) is 2.95. The fourth-order valence-corrected chi connectivity index (χ4v) is 3.93. The van der Waals surface area contributed by atoms with E-state index in [9.17, 15) is 14.7 Å². The highest BCUT2D eigenvalue weighted by Crippen LogP contribution is 2.23. The molecule has 144 valence electrons. The van der Waals surface area contributed by atoms with Gasteiger partial charge in [0.2, 0.25) is 0 Å². The number of benzene rings is 1. The van der Waals surface area contributed by atoms with E-state index in [2.05, 4.69) is 14.8 Å². The predicted octanol–water partition coefficient (Wildman–Crippen LogP) is 2.93. The van der Waals surface area contributed by atoms with E-state index in [1.807, 2.05) is 32.9 Å². The van der Waals surface area contributed by atoms with E-state index in [-0.39, 0.29) is 23.4 Å². The van der Waals surface area contributed by atoms with Gasteiger partial charge in [-0.3, -0.25) is 14.5 Å². The number of aryl methyl sites for hydroxylation is 1. The number of anilines is 1. The number of hydrogen-bond acceptors (Lipinski definition) is 5. The number of rotatable bonds is 5. The minimum Gasteiger partial charge on any atom is -0.508 e. The number of piperazine rings is 1. The Morgan fingerprint density at radius 1 is 1.07 bits per heavy atom. The summed E-state index contributed by atoms with van der Waals surface area (Å²) >= 11 is 0. The molecule has 1 aliphatic rings.